The van der Waals surface area contributed by atoms with Gasteiger partial charge in [0.15, 0.2) is 0 Å². The summed E-state index contributed by atoms with van der Waals surface area (Å²) in [5, 5.41) is 6.33. The Morgan fingerprint density at radius 3 is 2.94 bits per heavy atom. The lowest BCUT2D eigenvalue weighted by atomic mass is 10.2. The minimum atomic E-state index is 0.141. The molecule has 18 heavy (non-hydrogen) atoms. The minimum absolute atomic E-state index is 0.141. The van der Waals surface area contributed by atoms with Crippen LogP contribution in [0.25, 0.3) is 0 Å². The molecule has 2 rings (SSSR count). The van der Waals surface area contributed by atoms with E-state index >= 15 is 0 Å². The van der Waals surface area contributed by atoms with E-state index in [0.717, 1.165) is 65.1 Å². The van der Waals surface area contributed by atoms with Crippen molar-refractivity contribution in [2.24, 2.45) is 0 Å². The second kappa shape index (κ2) is 7.71. The summed E-state index contributed by atoms with van der Waals surface area (Å²) in [6, 6.07) is 0. The Bertz CT molecular complexity index is 249. The van der Waals surface area contributed by atoms with Gasteiger partial charge < -0.3 is 20.3 Å². The number of rotatable bonds is 6. The van der Waals surface area contributed by atoms with Gasteiger partial charge in [0.2, 0.25) is 5.91 Å². The topological polar surface area (TPSA) is 53.6 Å². The average molecular weight is 255 g/mol. The van der Waals surface area contributed by atoms with Crippen molar-refractivity contribution >= 4 is 5.91 Å². The zero-order valence-corrected chi connectivity index (χ0v) is 11.1. The molecule has 2 saturated heterocycles. The third-order valence-corrected chi connectivity index (χ3v) is 3.62. The molecule has 0 spiro atoms. The molecule has 0 aliphatic carbocycles. The van der Waals surface area contributed by atoms with Crippen LogP contribution in [0.2, 0.25) is 0 Å². The molecule has 5 nitrogen and oxygen atoms in total. The van der Waals surface area contributed by atoms with Gasteiger partial charge in [-0.05, 0) is 25.8 Å². The first-order valence-corrected chi connectivity index (χ1v) is 7.16. The molecule has 0 saturated carbocycles. The van der Waals surface area contributed by atoms with Crippen LogP contribution < -0.4 is 10.6 Å². The van der Waals surface area contributed by atoms with E-state index in [4.69, 9.17) is 4.74 Å². The molecule has 0 aromatic carbocycles. The Balaban J connectivity index is 1.47. The molecule has 104 valence electrons. The Morgan fingerprint density at radius 2 is 2.22 bits per heavy atom. The van der Waals surface area contributed by atoms with Gasteiger partial charge in [-0.1, -0.05) is 0 Å². The Hall–Kier alpha value is -0.650. The molecule has 0 aromatic rings. The summed E-state index contributed by atoms with van der Waals surface area (Å²) < 4.78 is 5.45. The van der Waals surface area contributed by atoms with E-state index in [1.165, 1.54) is 0 Å². The number of nitrogens with zero attached hydrogens (tertiary/aromatic N) is 1. The van der Waals surface area contributed by atoms with Crippen LogP contribution in [0.1, 0.15) is 25.7 Å². The van der Waals surface area contributed by atoms with Crippen molar-refractivity contribution in [2.45, 2.75) is 31.8 Å². The fourth-order valence-corrected chi connectivity index (χ4v) is 2.55. The molecular weight excluding hydrogens is 230 g/mol. The number of carbonyl (C=O) groups excluding carboxylic acids is 1. The largest absolute Gasteiger partial charge is 0.378 e. The summed E-state index contributed by atoms with van der Waals surface area (Å²) in [6.45, 7) is 7.13. The summed E-state index contributed by atoms with van der Waals surface area (Å²) >= 11 is 0. The predicted octanol–water partition coefficient (Wildman–Crippen LogP) is -0.0330. The van der Waals surface area contributed by atoms with Gasteiger partial charge in [0.25, 0.3) is 0 Å². The first kappa shape index (κ1) is 13.8. The Morgan fingerprint density at radius 1 is 1.39 bits per heavy atom. The average Bonchev–Trinajstić information content (AvgIpc) is 2.89. The van der Waals surface area contributed by atoms with E-state index in [1.807, 2.05) is 0 Å². The first-order valence-electron chi connectivity index (χ1n) is 7.16. The van der Waals surface area contributed by atoms with E-state index in [-0.39, 0.29) is 12.0 Å². The quantitative estimate of drug-likeness (QED) is 0.654. The molecular formula is C13H25N3O2. The van der Waals surface area contributed by atoms with E-state index in [1.54, 1.807) is 0 Å². The Kier molecular flexibility index (Phi) is 5.90. The maximum absolute atomic E-state index is 11.6. The van der Waals surface area contributed by atoms with Crippen LogP contribution in [0.3, 0.4) is 0 Å². The highest BCUT2D eigenvalue weighted by Gasteiger charge is 2.18. The normalized spacial score (nSPS) is 25.2. The molecule has 1 amide bonds. The van der Waals surface area contributed by atoms with Crippen molar-refractivity contribution in [2.75, 3.05) is 45.9 Å². The summed E-state index contributed by atoms with van der Waals surface area (Å²) in [7, 11) is 0. The fraction of sp³-hybridized carbons (Fsp3) is 0.923. The van der Waals surface area contributed by atoms with Crippen LogP contribution in [-0.4, -0.2) is 62.8 Å². The summed E-state index contributed by atoms with van der Waals surface area (Å²) in [6.07, 6.45) is 3.87. The maximum atomic E-state index is 11.6. The van der Waals surface area contributed by atoms with Gasteiger partial charge in [-0.25, -0.2) is 0 Å². The van der Waals surface area contributed by atoms with Gasteiger partial charge in [0.05, 0.1) is 12.5 Å². The van der Waals surface area contributed by atoms with Crippen LogP contribution in [-0.2, 0) is 9.53 Å². The number of ether oxygens (including phenoxy) is 1. The molecule has 2 fully saturated rings. The highest BCUT2D eigenvalue weighted by atomic mass is 16.5. The van der Waals surface area contributed by atoms with Gasteiger partial charge in [0.1, 0.15) is 0 Å². The van der Waals surface area contributed by atoms with Gasteiger partial charge >= 0.3 is 0 Å². The molecule has 2 aliphatic rings. The van der Waals surface area contributed by atoms with Crippen LogP contribution in [0.5, 0.6) is 0 Å². The number of carbonyl (C=O) groups is 1. The van der Waals surface area contributed by atoms with Gasteiger partial charge in [-0.2, -0.15) is 0 Å². The molecule has 0 radical (unpaired) electrons. The first-order chi connectivity index (χ1) is 8.84. The summed E-state index contributed by atoms with van der Waals surface area (Å²) in [4.78, 5) is 14.1. The number of amides is 1. The van der Waals surface area contributed by atoms with E-state index < -0.39 is 0 Å². The van der Waals surface area contributed by atoms with Crippen LogP contribution in [0.15, 0.2) is 0 Å². The van der Waals surface area contributed by atoms with Crippen molar-refractivity contribution < 1.29 is 9.53 Å². The van der Waals surface area contributed by atoms with E-state index in [9.17, 15) is 4.79 Å². The van der Waals surface area contributed by atoms with Crippen molar-refractivity contribution in [3.05, 3.63) is 0 Å². The van der Waals surface area contributed by atoms with Crippen LogP contribution in [0, 0.1) is 0 Å². The zero-order valence-electron chi connectivity index (χ0n) is 11.1. The summed E-state index contributed by atoms with van der Waals surface area (Å²) in [5.74, 6) is 0.141. The minimum Gasteiger partial charge on any atom is -0.378 e. The van der Waals surface area contributed by atoms with Gasteiger partial charge in [-0.3, -0.25) is 4.79 Å². The number of hydrogen-bond donors (Lipinski definition) is 2. The van der Waals surface area contributed by atoms with Gasteiger partial charge in [0, 0.05) is 39.3 Å². The maximum Gasteiger partial charge on any atom is 0.222 e. The Labute approximate surface area is 109 Å². The molecule has 2 aliphatic heterocycles. The van der Waals surface area contributed by atoms with E-state index in [2.05, 4.69) is 15.5 Å². The number of nitrogens with one attached hydrogen (secondary N) is 2. The van der Waals surface area contributed by atoms with Gasteiger partial charge in [-0.15, -0.1) is 0 Å². The van der Waals surface area contributed by atoms with Crippen LogP contribution in [0.4, 0.5) is 0 Å². The lowest BCUT2D eigenvalue weighted by Gasteiger charge is -2.27. The third-order valence-electron chi connectivity index (χ3n) is 3.62. The lowest BCUT2D eigenvalue weighted by Crippen LogP contribution is -2.44. The third kappa shape index (κ3) is 4.92. The second-order valence-corrected chi connectivity index (χ2v) is 5.13. The molecule has 2 N–H and O–H groups in total. The van der Waals surface area contributed by atoms with Crippen LogP contribution >= 0.6 is 0 Å². The zero-order chi connectivity index (χ0) is 12.6. The molecule has 0 bridgehead atoms. The van der Waals surface area contributed by atoms with E-state index in [0.29, 0.717) is 6.42 Å². The number of piperazine rings is 1. The smallest absolute Gasteiger partial charge is 0.222 e. The fourth-order valence-electron chi connectivity index (χ4n) is 2.55. The van der Waals surface area contributed by atoms with Crippen molar-refractivity contribution in [1.82, 2.24) is 15.5 Å². The highest BCUT2D eigenvalue weighted by Crippen LogP contribution is 2.14. The van der Waals surface area contributed by atoms with Crippen molar-refractivity contribution in [1.29, 1.82) is 0 Å². The monoisotopic (exact) mass is 255 g/mol. The molecule has 5 heteroatoms. The number of hydrogen-bond acceptors (Lipinski definition) is 4. The molecule has 1 atom stereocenters. The highest BCUT2D eigenvalue weighted by molar-refractivity contribution is 5.76. The molecule has 2 heterocycles. The standard InChI is InChI=1S/C13H25N3O2/c17-13(11-12-3-1-10-18-12)15-4-2-7-16-8-5-14-6-9-16/h12,14H,1-11H2,(H,15,17). The SMILES string of the molecule is O=C(CC1CCCO1)NCCCN1CCNCC1. The van der Waals surface area contributed by atoms with Crippen molar-refractivity contribution in [3.63, 3.8) is 0 Å². The predicted molar refractivity (Wildman–Crippen MR) is 70.5 cm³/mol. The second-order valence-electron chi connectivity index (χ2n) is 5.13. The molecule has 1 unspecified atom stereocenters. The van der Waals surface area contributed by atoms with Crippen molar-refractivity contribution in [3.8, 4) is 0 Å². The summed E-state index contributed by atoms with van der Waals surface area (Å²) in [5.41, 5.74) is 0. The lowest BCUT2D eigenvalue weighted by molar-refractivity contribution is -0.123. The molecule has 0 aromatic heterocycles.